The van der Waals surface area contributed by atoms with Crippen molar-refractivity contribution in [3.8, 4) is 0 Å². The maximum Gasteiger partial charge on any atom is 0.352 e. The van der Waals surface area contributed by atoms with Crippen LogP contribution < -0.4 is 5.32 Å². The number of aromatic amines is 1. The first kappa shape index (κ1) is 14.3. The molecule has 3 heterocycles. The molecule has 3 N–H and O–H groups in total. The summed E-state index contributed by atoms with van der Waals surface area (Å²) < 4.78 is 0. The number of imidazole rings is 1. The Bertz CT molecular complexity index is 695. The average Bonchev–Trinajstić information content (AvgIpc) is 3.02. The van der Waals surface area contributed by atoms with Crippen LogP contribution in [0.2, 0.25) is 0 Å². The number of hydrogen-bond acceptors (Lipinski definition) is 6. The standard InChI is InChI=1S/C11H11N7O3S/c12-17-15-3-5-4-22-9-6(16-11-13-1-2-14-11)8(19)18(9)7(5)10(20)21/h1-2,6,9H,3-4H2,(H,20,21)(H2,13,14,16)/t6?,9-/m0/s1. The van der Waals surface area contributed by atoms with Crippen molar-refractivity contribution in [2.75, 3.05) is 17.6 Å². The number of nitrogens with one attached hydrogen (secondary N) is 2. The van der Waals surface area contributed by atoms with Gasteiger partial charge in [0.25, 0.3) is 5.91 Å². The van der Waals surface area contributed by atoms with E-state index < -0.39 is 12.0 Å². The molecule has 2 aliphatic heterocycles. The Kier molecular flexibility index (Phi) is 3.65. The van der Waals surface area contributed by atoms with Gasteiger partial charge in [-0.25, -0.2) is 9.78 Å². The molecule has 2 atom stereocenters. The second-order valence-electron chi connectivity index (χ2n) is 4.62. The molecule has 1 amide bonds. The molecule has 114 valence electrons. The van der Waals surface area contributed by atoms with Gasteiger partial charge in [0.1, 0.15) is 17.1 Å². The second-order valence-corrected chi connectivity index (χ2v) is 5.72. The van der Waals surface area contributed by atoms with E-state index in [0.29, 0.717) is 17.3 Å². The highest BCUT2D eigenvalue weighted by molar-refractivity contribution is 8.00. The van der Waals surface area contributed by atoms with Crippen molar-refractivity contribution in [3.05, 3.63) is 34.1 Å². The van der Waals surface area contributed by atoms with Crippen LogP contribution in [0.5, 0.6) is 0 Å². The molecule has 3 rings (SSSR count). The maximum atomic E-state index is 12.3. The van der Waals surface area contributed by atoms with Crippen LogP contribution in [0.25, 0.3) is 10.4 Å². The Labute approximate surface area is 128 Å². The van der Waals surface area contributed by atoms with Crippen LogP contribution in [0.4, 0.5) is 5.95 Å². The van der Waals surface area contributed by atoms with E-state index in [2.05, 4.69) is 25.3 Å². The van der Waals surface area contributed by atoms with Crippen LogP contribution in [0.1, 0.15) is 0 Å². The Morgan fingerprint density at radius 2 is 2.55 bits per heavy atom. The van der Waals surface area contributed by atoms with Gasteiger partial charge < -0.3 is 15.4 Å². The van der Waals surface area contributed by atoms with E-state index in [1.54, 1.807) is 12.4 Å². The number of β-lactam (4-membered cyclic amide) rings is 1. The minimum Gasteiger partial charge on any atom is -0.477 e. The number of hydrogen-bond donors (Lipinski definition) is 3. The van der Waals surface area contributed by atoms with E-state index in [1.165, 1.54) is 16.7 Å². The minimum absolute atomic E-state index is 0.0576. The van der Waals surface area contributed by atoms with Crippen molar-refractivity contribution in [2.45, 2.75) is 11.4 Å². The number of anilines is 1. The highest BCUT2D eigenvalue weighted by Gasteiger charge is 2.53. The first-order valence-corrected chi connectivity index (χ1v) is 7.35. The molecule has 0 radical (unpaired) electrons. The molecule has 0 aromatic carbocycles. The molecular weight excluding hydrogens is 310 g/mol. The molecule has 22 heavy (non-hydrogen) atoms. The van der Waals surface area contributed by atoms with Gasteiger partial charge in [0.2, 0.25) is 5.95 Å². The molecule has 0 aliphatic carbocycles. The van der Waals surface area contributed by atoms with Crippen LogP contribution >= 0.6 is 11.8 Å². The van der Waals surface area contributed by atoms with Crippen molar-refractivity contribution in [3.63, 3.8) is 0 Å². The summed E-state index contributed by atoms with van der Waals surface area (Å²) in [5.74, 6) is -0.687. The van der Waals surface area contributed by atoms with E-state index in [1.807, 2.05) is 0 Å². The SMILES string of the molecule is [N-]=[N+]=NCC1=C(C(=O)O)N2C(=O)C(Nc3ncc[nH]3)[C@@H]2SC1. The van der Waals surface area contributed by atoms with E-state index in [9.17, 15) is 14.7 Å². The van der Waals surface area contributed by atoms with Gasteiger partial charge in [0, 0.05) is 23.1 Å². The third-order valence-electron chi connectivity index (χ3n) is 3.37. The van der Waals surface area contributed by atoms with Gasteiger partial charge in [-0.1, -0.05) is 5.11 Å². The van der Waals surface area contributed by atoms with Crippen LogP contribution in [-0.2, 0) is 9.59 Å². The number of carboxylic acids is 1. The van der Waals surface area contributed by atoms with Crippen molar-refractivity contribution in [1.82, 2.24) is 14.9 Å². The first-order valence-electron chi connectivity index (χ1n) is 6.30. The van der Waals surface area contributed by atoms with Crippen molar-refractivity contribution in [1.29, 1.82) is 0 Å². The van der Waals surface area contributed by atoms with E-state index in [-0.39, 0.29) is 23.5 Å². The normalized spacial score (nSPS) is 23.5. The maximum absolute atomic E-state index is 12.3. The zero-order valence-corrected chi connectivity index (χ0v) is 11.9. The molecule has 1 unspecified atom stereocenters. The summed E-state index contributed by atoms with van der Waals surface area (Å²) in [5, 5.41) is 15.4. The molecule has 0 saturated carbocycles. The Morgan fingerprint density at radius 1 is 1.73 bits per heavy atom. The monoisotopic (exact) mass is 321 g/mol. The molecule has 2 aliphatic rings. The van der Waals surface area contributed by atoms with Gasteiger partial charge in [-0.3, -0.25) is 9.69 Å². The lowest BCUT2D eigenvalue weighted by atomic mass is 10.0. The van der Waals surface area contributed by atoms with Crippen LogP contribution in [0.15, 0.2) is 28.8 Å². The number of H-pyrrole nitrogens is 1. The number of fused-ring (bicyclic) bond motifs is 1. The molecule has 0 spiro atoms. The van der Waals surface area contributed by atoms with E-state index in [0.717, 1.165) is 0 Å². The summed E-state index contributed by atoms with van der Waals surface area (Å²) in [6, 6.07) is -0.536. The number of aliphatic carboxylic acids is 1. The Hall–Kier alpha value is -2.65. The van der Waals surface area contributed by atoms with Gasteiger partial charge >= 0.3 is 5.97 Å². The fraction of sp³-hybridized carbons (Fsp3) is 0.364. The third kappa shape index (κ3) is 2.26. The number of rotatable bonds is 5. The van der Waals surface area contributed by atoms with E-state index >= 15 is 0 Å². The van der Waals surface area contributed by atoms with Crippen LogP contribution in [0, 0.1) is 0 Å². The molecular formula is C11H11N7O3S. The van der Waals surface area contributed by atoms with Gasteiger partial charge in [0.15, 0.2) is 0 Å². The Morgan fingerprint density at radius 3 is 3.18 bits per heavy atom. The predicted molar refractivity (Wildman–Crippen MR) is 77.8 cm³/mol. The van der Waals surface area contributed by atoms with Gasteiger partial charge in [-0.05, 0) is 11.1 Å². The number of carboxylic acid groups (broad SMARTS) is 1. The minimum atomic E-state index is -1.20. The van der Waals surface area contributed by atoms with Crippen LogP contribution in [-0.4, -0.2) is 55.6 Å². The highest BCUT2D eigenvalue weighted by atomic mass is 32.2. The Balaban J connectivity index is 1.83. The number of nitrogens with zero attached hydrogens (tertiary/aromatic N) is 5. The van der Waals surface area contributed by atoms with E-state index in [4.69, 9.17) is 5.53 Å². The molecule has 1 saturated heterocycles. The van der Waals surface area contributed by atoms with Crippen molar-refractivity contribution in [2.24, 2.45) is 5.11 Å². The zero-order valence-electron chi connectivity index (χ0n) is 11.1. The fourth-order valence-electron chi connectivity index (χ4n) is 2.41. The molecule has 10 nitrogen and oxygen atoms in total. The number of carbonyl (C=O) groups excluding carboxylic acids is 1. The number of thioether (sulfide) groups is 1. The number of azide groups is 1. The number of amides is 1. The largest absolute Gasteiger partial charge is 0.477 e. The average molecular weight is 321 g/mol. The summed E-state index contributed by atoms with van der Waals surface area (Å²) in [4.78, 5) is 34.4. The van der Waals surface area contributed by atoms with Crippen molar-refractivity contribution < 1.29 is 14.7 Å². The molecule has 1 aromatic heterocycles. The molecule has 1 fully saturated rings. The van der Waals surface area contributed by atoms with Gasteiger partial charge in [0.05, 0.1) is 6.54 Å². The lowest BCUT2D eigenvalue weighted by molar-refractivity contribution is -0.147. The smallest absolute Gasteiger partial charge is 0.352 e. The molecule has 1 aromatic rings. The lowest BCUT2D eigenvalue weighted by Gasteiger charge is -2.49. The first-order chi connectivity index (χ1) is 10.6. The summed E-state index contributed by atoms with van der Waals surface area (Å²) in [6.45, 7) is -0.0576. The van der Waals surface area contributed by atoms with Crippen molar-refractivity contribution >= 4 is 29.6 Å². The molecule has 11 heteroatoms. The quantitative estimate of drug-likeness (QED) is 0.315. The lowest BCUT2D eigenvalue weighted by Crippen LogP contribution is -2.67. The van der Waals surface area contributed by atoms with Gasteiger partial charge in [-0.2, -0.15) is 0 Å². The summed E-state index contributed by atoms with van der Waals surface area (Å²) in [5.41, 5.74) is 8.73. The van der Waals surface area contributed by atoms with Crippen LogP contribution in [0.3, 0.4) is 0 Å². The number of carbonyl (C=O) groups is 2. The predicted octanol–water partition coefficient (Wildman–Crippen LogP) is 0.754. The molecule has 0 bridgehead atoms. The van der Waals surface area contributed by atoms with Gasteiger partial charge in [-0.15, -0.1) is 11.8 Å². The highest BCUT2D eigenvalue weighted by Crippen LogP contribution is 2.41. The third-order valence-corrected chi connectivity index (χ3v) is 4.70. The fourth-order valence-corrected chi connectivity index (χ4v) is 3.75. The zero-order chi connectivity index (χ0) is 15.7. The summed E-state index contributed by atoms with van der Waals surface area (Å²) >= 11 is 1.42. The summed E-state index contributed by atoms with van der Waals surface area (Å²) in [6.07, 6.45) is 3.18. The number of aromatic nitrogens is 2. The second kappa shape index (κ2) is 5.62. The summed E-state index contributed by atoms with van der Waals surface area (Å²) in [7, 11) is 0. The topological polar surface area (TPSA) is 147 Å².